The van der Waals surface area contributed by atoms with E-state index in [9.17, 15) is 13.2 Å². The van der Waals surface area contributed by atoms with Crippen LogP contribution in [0.4, 0.5) is 0 Å². The summed E-state index contributed by atoms with van der Waals surface area (Å²) >= 11 is 2.61. The standard InChI is InChI=1S/C18H19N3O3S3/c1-21(10-7-14-5-2-3-9-19-14)18(22)17-16(8-12-26-17)27(23,24)20-13-15-6-4-11-25-15/h2-6,8-9,11-12,20H,7,10,13H2,1H3. The van der Waals surface area contributed by atoms with Crippen molar-refractivity contribution in [2.24, 2.45) is 0 Å². The van der Waals surface area contributed by atoms with Crippen LogP contribution >= 0.6 is 22.7 Å². The molecule has 3 aromatic rings. The second-order valence-electron chi connectivity index (χ2n) is 5.82. The molecule has 3 rings (SSSR count). The number of likely N-dealkylation sites (N-methyl/N-ethyl adjacent to an activating group) is 1. The van der Waals surface area contributed by atoms with Crippen LogP contribution in [0, 0.1) is 0 Å². The molecule has 1 amide bonds. The third kappa shape index (κ3) is 5.01. The molecule has 0 fully saturated rings. The first-order valence-electron chi connectivity index (χ1n) is 8.22. The van der Waals surface area contributed by atoms with Crippen LogP contribution in [0.25, 0.3) is 0 Å². The highest BCUT2D eigenvalue weighted by Crippen LogP contribution is 2.24. The fourth-order valence-corrected chi connectivity index (χ4v) is 5.58. The zero-order valence-corrected chi connectivity index (χ0v) is 17.1. The van der Waals surface area contributed by atoms with Gasteiger partial charge >= 0.3 is 0 Å². The maximum absolute atomic E-state index is 12.8. The minimum atomic E-state index is -3.76. The average Bonchev–Trinajstić information content (AvgIpc) is 3.36. The summed E-state index contributed by atoms with van der Waals surface area (Å²) in [5, 5.41) is 3.51. The molecule has 0 spiro atoms. The van der Waals surface area contributed by atoms with Gasteiger partial charge in [0.1, 0.15) is 9.77 Å². The molecule has 0 saturated carbocycles. The predicted molar refractivity (Wildman–Crippen MR) is 108 cm³/mol. The number of carbonyl (C=O) groups excluding carboxylic acids is 1. The highest BCUT2D eigenvalue weighted by Gasteiger charge is 2.25. The van der Waals surface area contributed by atoms with E-state index in [1.54, 1.807) is 18.6 Å². The molecule has 1 N–H and O–H groups in total. The van der Waals surface area contributed by atoms with E-state index < -0.39 is 10.0 Å². The van der Waals surface area contributed by atoms with Gasteiger partial charge in [-0.05, 0) is 35.0 Å². The average molecular weight is 422 g/mol. The van der Waals surface area contributed by atoms with E-state index in [2.05, 4.69) is 9.71 Å². The molecule has 142 valence electrons. The minimum absolute atomic E-state index is 0.0266. The number of sulfonamides is 1. The normalized spacial score (nSPS) is 11.4. The van der Waals surface area contributed by atoms with Gasteiger partial charge in [-0.1, -0.05) is 12.1 Å². The van der Waals surface area contributed by atoms with Gasteiger partial charge in [-0.15, -0.1) is 22.7 Å². The summed E-state index contributed by atoms with van der Waals surface area (Å²) in [6, 6.07) is 10.8. The number of hydrogen-bond donors (Lipinski definition) is 1. The molecule has 0 aliphatic heterocycles. The lowest BCUT2D eigenvalue weighted by Gasteiger charge is -2.17. The number of aromatic nitrogens is 1. The van der Waals surface area contributed by atoms with Crippen LogP contribution in [-0.4, -0.2) is 37.8 Å². The lowest BCUT2D eigenvalue weighted by molar-refractivity contribution is 0.0797. The van der Waals surface area contributed by atoms with Crippen LogP contribution in [0.3, 0.4) is 0 Å². The third-order valence-corrected chi connectivity index (χ3v) is 7.26. The molecule has 3 aromatic heterocycles. The molecule has 27 heavy (non-hydrogen) atoms. The lowest BCUT2D eigenvalue weighted by Crippen LogP contribution is -2.31. The first-order valence-corrected chi connectivity index (χ1v) is 11.5. The molecule has 0 atom stereocenters. The SMILES string of the molecule is CN(CCc1ccccn1)C(=O)c1sccc1S(=O)(=O)NCc1cccs1. The van der Waals surface area contributed by atoms with Gasteiger partial charge in [-0.3, -0.25) is 9.78 Å². The molecule has 0 aliphatic rings. The Kier molecular flexibility index (Phi) is 6.38. The van der Waals surface area contributed by atoms with Gasteiger partial charge < -0.3 is 4.90 Å². The molecule has 3 heterocycles. The summed E-state index contributed by atoms with van der Waals surface area (Å²) in [6.07, 6.45) is 2.31. The quantitative estimate of drug-likeness (QED) is 0.606. The van der Waals surface area contributed by atoms with Crippen LogP contribution in [0.5, 0.6) is 0 Å². The van der Waals surface area contributed by atoms with Crippen LogP contribution in [-0.2, 0) is 23.0 Å². The Hall–Kier alpha value is -2.07. The minimum Gasteiger partial charge on any atom is -0.341 e. The third-order valence-electron chi connectivity index (χ3n) is 3.91. The Morgan fingerprint density at radius 1 is 1.15 bits per heavy atom. The van der Waals surface area contributed by atoms with Crippen molar-refractivity contribution in [3.05, 3.63) is 68.8 Å². The zero-order valence-electron chi connectivity index (χ0n) is 14.7. The van der Waals surface area contributed by atoms with Gasteiger partial charge in [-0.2, -0.15) is 0 Å². The van der Waals surface area contributed by atoms with Crippen molar-refractivity contribution in [2.75, 3.05) is 13.6 Å². The molecular weight excluding hydrogens is 402 g/mol. The number of thiophene rings is 2. The van der Waals surface area contributed by atoms with Crippen LogP contribution in [0.1, 0.15) is 20.2 Å². The predicted octanol–water partition coefficient (Wildman–Crippen LogP) is 3.00. The molecule has 0 radical (unpaired) electrons. The van der Waals surface area contributed by atoms with E-state index in [1.165, 1.54) is 22.3 Å². The van der Waals surface area contributed by atoms with E-state index >= 15 is 0 Å². The molecule has 0 aromatic carbocycles. The molecule has 6 nitrogen and oxygen atoms in total. The summed E-state index contributed by atoms with van der Waals surface area (Å²) in [7, 11) is -2.09. The van der Waals surface area contributed by atoms with E-state index in [0.29, 0.717) is 13.0 Å². The summed E-state index contributed by atoms with van der Waals surface area (Å²) in [5.74, 6) is -0.308. The molecule has 0 aliphatic carbocycles. The van der Waals surface area contributed by atoms with Gasteiger partial charge in [0.2, 0.25) is 10.0 Å². The number of nitrogens with zero attached hydrogens (tertiary/aromatic N) is 2. The largest absolute Gasteiger partial charge is 0.341 e. The Balaban J connectivity index is 1.68. The fraction of sp³-hybridized carbons (Fsp3) is 0.222. The number of amides is 1. The summed E-state index contributed by atoms with van der Waals surface area (Å²) < 4.78 is 27.8. The second-order valence-corrected chi connectivity index (χ2v) is 9.50. The van der Waals surface area contributed by atoms with Crippen molar-refractivity contribution in [3.63, 3.8) is 0 Å². The monoisotopic (exact) mass is 421 g/mol. The summed E-state index contributed by atoms with van der Waals surface area (Å²) in [4.78, 5) is 19.7. The van der Waals surface area contributed by atoms with E-state index in [1.807, 2.05) is 35.7 Å². The van der Waals surface area contributed by atoms with Gasteiger partial charge in [0.25, 0.3) is 5.91 Å². The lowest BCUT2D eigenvalue weighted by atomic mass is 10.2. The van der Waals surface area contributed by atoms with Crippen molar-refractivity contribution in [1.29, 1.82) is 0 Å². The van der Waals surface area contributed by atoms with Gasteiger partial charge in [0.05, 0.1) is 0 Å². The van der Waals surface area contributed by atoms with Crippen molar-refractivity contribution >= 4 is 38.6 Å². The van der Waals surface area contributed by atoms with E-state index in [-0.39, 0.29) is 22.2 Å². The Morgan fingerprint density at radius 3 is 2.70 bits per heavy atom. The first kappa shape index (κ1) is 19.7. The molecular formula is C18H19N3O3S3. The number of carbonyl (C=O) groups is 1. The molecule has 0 unspecified atom stereocenters. The maximum Gasteiger partial charge on any atom is 0.265 e. The summed E-state index contributed by atoms with van der Waals surface area (Å²) in [6.45, 7) is 0.662. The van der Waals surface area contributed by atoms with Crippen molar-refractivity contribution < 1.29 is 13.2 Å². The molecule has 0 saturated heterocycles. The molecule has 9 heteroatoms. The fourth-order valence-electron chi connectivity index (χ4n) is 2.43. The Bertz CT molecular complexity index is 983. The highest BCUT2D eigenvalue weighted by atomic mass is 32.2. The topological polar surface area (TPSA) is 79.4 Å². The zero-order chi connectivity index (χ0) is 19.3. The number of nitrogens with one attached hydrogen (secondary N) is 1. The van der Waals surface area contributed by atoms with Gasteiger partial charge in [0, 0.05) is 43.3 Å². The Labute approximate surface area is 166 Å². The number of pyridine rings is 1. The smallest absolute Gasteiger partial charge is 0.265 e. The second kappa shape index (κ2) is 8.75. The van der Waals surface area contributed by atoms with Gasteiger partial charge in [0.15, 0.2) is 0 Å². The summed E-state index contributed by atoms with van der Waals surface area (Å²) in [5.41, 5.74) is 0.883. The van der Waals surface area contributed by atoms with Crippen LogP contribution in [0.2, 0.25) is 0 Å². The van der Waals surface area contributed by atoms with Crippen molar-refractivity contribution in [3.8, 4) is 0 Å². The van der Waals surface area contributed by atoms with Crippen LogP contribution < -0.4 is 4.72 Å². The van der Waals surface area contributed by atoms with Crippen molar-refractivity contribution in [2.45, 2.75) is 17.9 Å². The number of rotatable bonds is 8. The number of hydrogen-bond acceptors (Lipinski definition) is 6. The Morgan fingerprint density at radius 2 is 2.00 bits per heavy atom. The van der Waals surface area contributed by atoms with Crippen LogP contribution in [0.15, 0.2) is 58.3 Å². The van der Waals surface area contributed by atoms with Crippen molar-refractivity contribution in [1.82, 2.24) is 14.6 Å². The van der Waals surface area contributed by atoms with Gasteiger partial charge in [-0.25, -0.2) is 13.1 Å². The highest BCUT2D eigenvalue weighted by molar-refractivity contribution is 7.89. The van der Waals surface area contributed by atoms with E-state index in [4.69, 9.17) is 0 Å². The van der Waals surface area contributed by atoms with E-state index in [0.717, 1.165) is 21.9 Å². The molecule has 0 bridgehead atoms. The first-order chi connectivity index (χ1) is 13.0. The maximum atomic E-state index is 12.8.